The van der Waals surface area contributed by atoms with E-state index in [4.69, 9.17) is 4.74 Å². The number of oxime groups is 1. The molecule has 8 heteroatoms. The molecule has 0 bridgehead atoms. The van der Waals surface area contributed by atoms with Crippen LogP contribution in [0.25, 0.3) is 0 Å². The second-order valence-corrected chi connectivity index (χ2v) is 8.85. The second kappa shape index (κ2) is 7.82. The zero-order valence-corrected chi connectivity index (χ0v) is 16.7. The van der Waals surface area contributed by atoms with Crippen LogP contribution in [-0.2, 0) is 0 Å². The zero-order valence-electron chi connectivity index (χ0n) is 15.1. The van der Waals surface area contributed by atoms with Gasteiger partial charge in [-0.1, -0.05) is 5.16 Å². The van der Waals surface area contributed by atoms with Gasteiger partial charge in [0, 0.05) is 49.6 Å². The highest BCUT2D eigenvalue weighted by Gasteiger charge is 2.27. The first-order chi connectivity index (χ1) is 13.2. The molecule has 0 radical (unpaired) electrons. The quantitative estimate of drug-likeness (QED) is 0.629. The second-order valence-electron chi connectivity index (χ2n) is 6.43. The Hall–Kier alpha value is -2.19. The monoisotopic (exact) mass is 403 g/mol. The Morgan fingerprint density at radius 2 is 1.93 bits per heavy atom. The van der Waals surface area contributed by atoms with Crippen LogP contribution < -0.4 is 9.64 Å². The number of carbonyl (C=O) groups excluding carboxylic acids is 1. The Morgan fingerprint density at radius 1 is 1.19 bits per heavy atom. The number of ether oxygens (including phenoxy) is 1. The molecule has 1 amide bonds. The number of rotatable bonds is 3. The van der Waals surface area contributed by atoms with Crippen molar-refractivity contribution in [1.82, 2.24) is 4.90 Å². The van der Waals surface area contributed by atoms with Crippen molar-refractivity contribution in [2.24, 2.45) is 5.16 Å². The number of piperazine rings is 1. The van der Waals surface area contributed by atoms with Crippen molar-refractivity contribution in [1.29, 1.82) is 0 Å². The summed E-state index contributed by atoms with van der Waals surface area (Å²) in [5, 5.41) is 12.6. The largest absolute Gasteiger partial charge is 0.497 e. The molecule has 1 fully saturated rings. The summed E-state index contributed by atoms with van der Waals surface area (Å²) >= 11 is 3.24. The van der Waals surface area contributed by atoms with Crippen molar-refractivity contribution < 1.29 is 14.7 Å². The fraction of sp³-hybridized carbons (Fsp3) is 0.368. The number of hydrogen-bond acceptors (Lipinski definition) is 7. The van der Waals surface area contributed by atoms with Crippen LogP contribution in [0.1, 0.15) is 21.7 Å². The summed E-state index contributed by atoms with van der Waals surface area (Å²) in [6.45, 7) is 3.01. The highest BCUT2D eigenvalue weighted by atomic mass is 32.2. The minimum Gasteiger partial charge on any atom is -0.497 e. The van der Waals surface area contributed by atoms with Crippen LogP contribution in [0.3, 0.4) is 0 Å². The van der Waals surface area contributed by atoms with Gasteiger partial charge in [0.2, 0.25) is 0 Å². The van der Waals surface area contributed by atoms with Crippen molar-refractivity contribution in [2.45, 2.75) is 10.6 Å². The molecule has 1 N–H and O–H groups in total. The fourth-order valence-corrected chi connectivity index (χ4v) is 5.83. The van der Waals surface area contributed by atoms with Gasteiger partial charge in [0.1, 0.15) is 5.75 Å². The molecular weight excluding hydrogens is 382 g/mol. The predicted molar refractivity (Wildman–Crippen MR) is 109 cm³/mol. The van der Waals surface area contributed by atoms with Crippen LogP contribution >= 0.6 is 23.1 Å². The Morgan fingerprint density at radius 3 is 2.59 bits per heavy atom. The van der Waals surface area contributed by atoms with Gasteiger partial charge in [0.15, 0.2) is 0 Å². The van der Waals surface area contributed by atoms with Crippen LogP contribution in [0.4, 0.5) is 5.69 Å². The third-order valence-electron chi connectivity index (χ3n) is 4.92. The zero-order chi connectivity index (χ0) is 18.8. The maximum Gasteiger partial charge on any atom is 0.264 e. The van der Waals surface area contributed by atoms with Crippen molar-refractivity contribution >= 4 is 40.4 Å². The third-order valence-corrected chi connectivity index (χ3v) is 7.33. The van der Waals surface area contributed by atoms with Gasteiger partial charge < -0.3 is 19.7 Å². The summed E-state index contributed by atoms with van der Waals surface area (Å²) in [6.07, 6.45) is 0.735. The first-order valence-corrected chi connectivity index (χ1v) is 10.7. The summed E-state index contributed by atoms with van der Waals surface area (Å²) in [5.74, 6) is 1.81. The van der Waals surface area contributed by atoms with E-state index in [1.54, 1.807) is 18.9 Å². The average molecular weight is 404 g/mol. The number of thiophene rings is 1. The van der Waals surface area contributed by atoms with Gasteiger partial charge in [-0.3, -0.25) is 4.79 Å². The summed E-state index contributed by atoms with van der Waals surface area (Å²) in [6, 6.07) is 9.91. The smallest absolute Gasteiger partial charge is 0.264 e. The lowest BCUT2D eigenvalue weighted by atomic mass is 10.1. The van der Waals surface area contributed by atoms with Gasteiger partial charge >= 0.3 is 0 Å². The van der Waals surface area contributed by atoms with E-state index in [-0.39, 0.29) is 5.91 Å². The number of benzene rings is 1. The van der Waals surface area contributed by atoms with Crippen LogP contribution in [0.15, 0.2) is 39.7 Å². The minimum atomic E-state index is 0.0710. The molecule has 0 aliphatic carbocycles. The molecule has 142 valence electrons. The van der Waals surface area contributed by atoms with E-state index in [9.17, 15) is 10.0 Å². The number of anilines is 1. The van der Waals surface area contributed by atoms with Gasteiger partial charge in [-0.2, -0.15) is 0 Å². The van der Waals surface area contributed by atoms with Crippen LogP contribution in [0.5, 0.6) is 5.75 Å². The molecule has 3 heterocycles. The van der Waals surface area contributed by atoms with E-state index >= 15 is 0 Å². The number of fused-ring (bicyclic) bond motifs is 1. The third kappa shape index (κ3) is 3.64. The van der Waals surface area contributed by atoms with E-state index in [2.05, 4.69) is 22.2 Å². The SMILES string of the molecule is COc1ccc(N2CCN(C(=O)c3cc4c(s3)SCCC4=NO)CC2)cc1. The fourth-order valence-electron chi connectivity index (χ4n) is 3.38. The first kappa shape index (κ1) is 18.2. The number of nitrogens with zero attached hydrogens (tertiary/aromatic N) is 3. The van der Waals surface area contributed by atoms with Gasteiger partial charge in [0.05, 0.1) is 21.9 Å². The molecule has 1 saturated heterocycles. The predicted octanol–water partition coefficient (Wildman–Crippen LogP) is 3.39. The highest BCUT2D eigenvalue weighted by Crippen LogP contribution is 2.38. The number of methoxy groups -OCH3 is 1. The van der Waals surface area contributed by atoms with Crippen molar-refractivity contribution in [3.05, 3.63) is 40.8 Å². The van der Waals surface area contributed by atoms with E-state index in [1.807, 2.05) is 23.1 Å². The van der Waals surface area contributed by atoms with Crippen molar-refractivity contribution in [2.75, 3.05) is 43.9 Å². The number of amides is 1. The van der Waals surface area contributed by atoms with Crippen molar-refractivity contribution in [3.8, 4) is 5.75 Å². The molecule has 2 aliphatic rings. The molecule has 6 nitrogen and oxygen atoms in total. The van der Waals surface area contributed by atoms with E-state index < -0.39 is 0 Å². The standard InChI is InChI=1S/C19H21N3O3S2/c1-25-14-4-2-13(3-5-14)21-7-9-22(10-8-21)18(23)17-12-15-16(20-24)6-11-26-19(15)27-17/h2-5,12,24H,6-11H2,1H3. The number of hydrogen-bond donors (Lipinski definition) is 1. The topological polar surface area (TPSA) is 65.4 Å². The van der Waals surface area contributed by atoms with E-state index in [0.29, 0.717) is 18.8 Å². The lowest BCUT2D eigenvalue weighted by molar-refractivity contribution is 0.0751. The molecule has 0 saturated carbocycles. The van der Waals surface area contributed by atoms with Crippen molar-refractivity contribution in [3.63, 3.8) is 0 Å². The lowest BCUT2D eigenvalue weighted by Crippen LogP contribution is -2.48. The molecule has 27 heavy (non-hydrogen) atoms. The van der Waals surface area contributed by atoms with Crippen LogP contribution in [0, 0.1) is 0 Å². The van der Waals surface area contributed by atoms with E-state index in [0.717, 1.165) is 51.3 Å². The Labute approximate surface area is 166 Å². The molecule has 1 aromatic heterocycles. The molecule has 1 aromatic carbocycles. The number of thioether (sulfide) groups is 1. The van der Waals surface area contributed by atoms with E-state index in [1.165, 1.54) is 11.3 Å². The normalized spacial score (nSPS) is 18.5. The molecule has 2 aliphatic heterocycles. The molecule has 0 spiro atoms. The number of carbonyl (C=O) groups is 1. The highest BCUT2D eigenvalue weighted by molar-refractivity contribution is 8.01. The lowest BCUT2D eigenvalue weighted by Gasteiger charge is -2.36. The molecule has 0 unspecified atom stereocenters. The molecular formula is C19H21N3O3S2. The minimum absolute atomic E-state index is 0.0710. The molecule has 4 rings (SSSR count). The van der Waals surface area contributed by atoms with Gasteiger partial charge in [0.25, 0.3) is 5.91 Å². The maximum absolute atomic E-state index is 12.9. The van der Waals surface area contributed by atoms with Gasteiger partial charge in [-0.15, -0.1) is 23.1 Å². The summed E-state index contributed by atoms with van der Waals surface area (Å²) in [7, 11) is 1.66. The summed E-state index contributed by atoms with van der Waals surface area (Å²) in [4.78, 5) is 17.9. The Balaban J connectivity index is 1.42. The average Bonchev–Trinajstić information content (AvgIpc) is 3.18. The first-order valence-electron chi connectivity index (χ1n) is 8.86. The van der Waals surface area contributed by atoms with Gasteiger partial charge in [-0.25, -0.2) is 0 Å². The Bertz CT molecular complexity index is 856. The Kier molecular flexibility index (Phi) is 5.27. The van der Waals surface area contributed by atoms with Crippen LogP contribution in [0.2, 0.25) is 0 Å². The maximum atomic E-state index is 12.9. The van der Waals surface area contributed by atoms with Gasteiger partial charge in [-0.05, 0) is 30.3 Å². The summed E-state index contributed by atoms with van der Waals surface area (Å²) in [5.41, 5.74) is 2.75. The van der Waals surface area contributed by atoms with Crippen LogP contribution in [-0.4, -0.2) is 60.8 Å². The molecule has 0 atom stereocenters. The molecule has 2 aromatic rings. The summed E-state index contributed by atoms with van der Waals surface area (Å²) < 4.78 is 6.29.